The molecule has 1 aliphatic heterocycles. The van der Waals surface area contributed by atoms with E-state index in [2.05, 4.69) is 62.4 Å². The number of nitrogens with one attached hydrogen (secondary N) is 1. The van der Waals surface area contributed by atoms with Crippen LogP contribution >= 0.6 is 15.9 Å². The van der Waals surface area contributed by atoms with Gasteiger partial charge in [-0.15, -0.1) is 0 Å². The number of anilines is 1. The molecule has 0 saturated carbocycles. The minimum absolute atomic E-state index is 0.0503. The molecule has 1 N–H and O–H groups in total. The van der Waals surface area contributed by atoms with E-state index in [0.29, 0.717) is 12.1 Å². The minimum Gasteiger partial charge on any atom is -0.369 e. The molecule has 1 amide bonds. The number of carbonyl (C=O) groups excluding carboxylic acids is 1. The zero-order valence-corrected chi connectivity index (χ0v) is 15.4. The number of rotatable bonds is 4. The molecule has 0 radical (unpaired) electrons. The van der Waals surface area contributed by atoms with Crippen LogP contribution in [0.4, 0.5) is 5.69 Å². The highest BCUT2D eigenvalue weighted by molar-refractivity contribution is 9.10. The van der Waals surface area contributed by atoms with Gasteiger partial charge in [-0.25, -0.2) is 0 Å². The predicted octanol–water partition coefficient (Wildman–Crippen LogP) is 3.13. The highest BCUT2D eigenvalue weighted by atomic mass is 79.9. The fraction of sp³-hybridized carbons (Fsp3) is 0.316. The SMILES string of the molecule is CN1CCN(c2ccc(CNC(=O)c3ccc(Br)cc3)cc2)CC1. The molecule has 126 valence electrons. The highest BCUT2D eigenvalue weighted by Gasteiger charge is 2.14. The molecule has 1 fully saturated rings. The van der Waals surface area contributed by atoms with Gasteiger partial charge in [-0.2, -0.15) is 0 Å². The number of hydrogen-bond donors (Lipinski definition) is 1. The molecular weight excluding hydrogens is 366 g/mol. The average Bonchev–Trinajstić information content (AvgIpc) is 2.61. The third-order valence-corrected chi connectivity index (χ3v) is 4.89. The molecule has 4 nitrogen and oxygen atoms in total. The van der Waals surface area contributed by atoms with Gasteiger partial charge < -0.3 is 15.1 Å². The van der Waals surface area contributed by atoms with Gasteiger partial charge in [0.25, 0.3) is 5.91 Å². The van der Waals surface area contributed by atoms with Crippen molar-refractivity contribution < 1.29 is 4.79 Å². The lowest BCUT2D eigenvalue weighted by Crippen LogP contribution is -2.44. The zero-order chi connectivity index (χ0) is 16.9. The van der Waals surface area contributed by atoms with Crippen molar-refractivity contribution in [1.29, 1.82) is 0 Å². The first-order valence-electron chi connectivity index (χ1n) is 8.18. The van der Waals surface area contributed by atoms with Crippen molar-refractivity contribution in [3.63, 3.8) is 0 Å². The van der Waals surface area contributed by atoms with E-state index >= 15 is 0 Å². The Hall–Kier alpha value is -1.85. The summed E-state index contributed by atoms with van der Waals surface area (Å²) < 4.78 is 0.971. The monoisotopic (exact) mass is 387 g/mol. The molecule has 2 aromatic rings. The van der Waals surface area contributed by atoms with Crippen molar-refractivity contribution >= 4 is 27.5 Å². The third kappa shape index (κ3) is 4.36. The molecule has 2 aromatic carbocycles. The lowest BCUT2D eigenvalue weighted by atomic mass is 10.1. The number of nitrogens with zero attached hydrogens (tertiary/aromatic N) is 2. The molecule has 5 heteroatoms. The summed E-state index contributed by atoms with van der Waals surface area (Å²) in [6.07, 6.45) is 0. The Bertz CT molecular complexity index is 677. The van der Waals surface area contributed by atoms with Crippen molar-refractivity contribution in [2.45, 2.75) is 6.54 Å². The van der Waals surface area contributed by atoms with Gasteiger partial charge in [-0.1, -0.05) is 28.1 Å². The van der Waals surface area contributed by atoms with Crippen molar-refractivity contribution in [2.75, 3.05) is 38.1 Å². The van der Waals surface area contributed by atoms with Crippen LogP contribution in [0.25, 0.3) is 0 Å². The van der Waals surface area contributed by atoms with Gasteiger partial charge in [0.2, 0.25) is 0 Å². The number of benzene rings is 2. The average molecular weight is 388 g/mol. The molecule has 24 heavy (non-hydrogen) atoms. The molecule has 0 aromatic heterocycles. The Balaban J connectivity index is 1.54. The summed E-state index contributed by atoms with van der Waals surface area (Å²) in [7, 11) is 2.16. The van der Waals surface area contributed by atoms with E-state index < -0.39 is 0 Å². The van der Waals surface area contributed by atoms with Gasteiger partial charge in [0.1, 0.15) is 0 Å². The van der Waals surface area contributed by atoms with Crippen LogP contribution in [0.3, 0.4) is 0 Å². The molecule has 1 saturated heterocycles. The second-order valence-corrected chi connectivity index (χ2v) is 7.06. The summed E-state index contributed by atoms with van der Waals surface area (Å²) in [6.45, 7) is 4.88. The first-order valence-corrected chi connectivity index (χ1v) is 8.97. The highest BCUT2D eigenvalue weighted by Crippen LogP contribution is 2.17. The van der Waals surface area contributed by atoms with Gasteiger partial charge in [0.15, 0.2) is 0 Å². The fourth-order valence-corrected chi connectivity index (χ4v) is 3.04. The Morgan fingerprint density at radius 1 is 1.00 bits per heavy atom. The number of halogens is 1. The molecule has 0 bridgehead atoms. The molecule has 0 atom stereocenters. The Kier molecular flexibility index (Phi) is 5.53. The summed E-state index contributed by atoms with van der Waals surface area (Å²) in [4.78, 5) is 16.9. The van der Waals surface area contributed by atoms with Crippen molar-refractivity contribution in [3.05, 3.63) is 64.1 Å². The topological polar surface area (TPSA) is 35.6 Å². The van der Waals surface area contributed by atoms with Gasteiger partial charge in [0.05, 0.1) is 0 Å². The van der Waals surface area contributed by atoms with E-state index in [4.69, 9.17) is 0 Å². The first kappa shape index (κ1) is 17.0. The Morgan fingerprint density at radius 2 is 1.62 bits per heavy atom. The van der Waals surface area contributed by atoms with Crippen LogP contribution < -0.4 is 10.2 Å². The number of likely N-dealkylation sites (N-methyl/N-ethyl adjacent to an activating group) is 1. The Morgan fingerprint density at radius 3 is 2.25 bits per heavy atom. The lowest BCUT2D eigenvalue weighted by molar-refractivity contribution is 0.0951. The van der Waals surface area contributed by atoms with Crippen LogP contribution in [0.15, 0.2) is 53.0 Å². The number of carbonyl (C=O) groups is 1. The van der Waals surface area contributed by atoms with Gasteiger partial charge >= 0.3 is 0 Å². The van der Waals surface area contributed by atoms with Crippen molar-refractivity contribution in [1.82, 2.24) is 10.2 Å². The largest absolute Gasteiger partial charge is 0.369 e. The first-order chi connectivity index (χ1) is 11.6. The summed E-state index contributed by atoms with van der Waals surface area (Å²) in [5.41, 5.74) is 3.04. The van der Waals surface area contributed by atoms with E-state index in [-0.39, 0.29) is 5.91 Å². The van der Waals surface area contributed by atoms with Crippen LogP contribution in [-0.4, -0.2) is 44.0 Å². The summed E-state index contributed by atoms with van der Waals surface area (Å²) >= 11 is 3.37. The molecule has 0 unspecified atom stereocenters. The molecule has 3 rings (SSSR count). The fourth-order valence-electron chi connectivity index (χ4n) is 2.77. The standard InChI is InChI=1S/C19H22BrN3O/c1-22-10-12-23(13-11-22)18-8-2-15(3-9-18)14-21-19(24)16-4-6-17(20)7-5-16/h2-9H,10-14H2,1H3,(H,21,24). The summed E-state index contributed by atoms with van der Waals surface area (Å²) in [6, 6.07) is 15.9. The maximum absolute atomic E-state index is 12.1. The normalized spacial score (nSPS) is 15.3. The lowest BCUT2D eigenvalue weighted by Gasteiger charge is -2.34. The van der Waals surface area contributed by atoms with Crippen molar-refractivity contribution in [2.24, 2.45) is 0 Å². The van der Waals surface area contributed by atoms with Crippen LogP contribution in [0.1, 0.15) is 15.9 Å². The third-order valence-electron chi connectivity index (χ3n) is 4.36. The quantitative estimate of drug-likeness (QED) is 0.874. The van der Waals surface area contributed by atoms with E-state index in [1.54, 1.807) is 0 Å². The number of hydrogen-bond acceptors (Lipinski definition) is 3. The molecule has 1 aliphatic rings. The van der Waals surface area contributed by atoms with Crippen LogP contribution in [0.2, 0.25) is 0 Å². The van der Waals surface area contributed by atoms with Gasteiger partial charge in [-0.3, -0.25) is 4.79 Å². The van der Waals surface area contributed by atoms with E-state index in [0.717, 1.165) is 36.2 Å². The van der Waals surface area contributed by atoms with Crippen LogP contribution in [0, 0.1) is 0 Å². The second kappa shape index (κ2) is 7.81. The van der Waals surface area contributed by atoms with E-state index in [1.165, 1.54) is 5.69 Å². The molecule has 1 heterocycles. The van der Waals surface area contributed by atoms with Crippen LogP contribution in [0.5, 0.6) is 0 Å². The number of piperazine rings is 1. The van der Waals surface area contributed by atoms with Crippen molar-refractivity contribution in [3.8, 4) is 0 Å². The second-order valence-electron chi connectivity index (χ2n) is 6.15. The van der Waals surface area contributed by atoms with Gasteiger partial charge in [-0.05, 0) is 49.0 Å². The maximum Gasteiger partial charge on any atom is 0.251 e. The predicted molar refractivity (Wildman–Crippen MR) is 101 cm³/mol. The molecular formula is C19H22BrN3O. The smallest absolute Gasteiger partial charge is 0.251 e. The number of amides is 1. The van der Waals surface area contributed by atoms with Gasteiger partial charge in [0, 0.05) is 48.4 Å². The summed E-state index contributed by atoms with van der Waals surface area (Å²) in [5, 5.41) is 2.96. The maximum atomic E-state index is 12.1. The summed E-state index contributed by atoms with van der Waals surface area (Å²) in [5.74, 6) is -0.0503. The Labute approximate surface area is 151 Å². The van der Waals surface area contributed by atoms with Crippen LogP contribution in [-0.2, 0) is 6.54 Å². The van der Waals surface area contributed by atoms with E-state index in [1.807, 2.05) is 24.3 Å². The zero-order valence-electron chi connectivity index (χ0n) is 13.8. The molecule has 0 spiro atoms. The molecule has 0 aliphatic carbocycles. The minimum atomic E-state index is -0.0503. The van der Waals surface area contributed by atoms with E-state index in [9.17, 15) is 4.79 Å².